The molecule has 1 aliphatic rings. The summed E-state index contributed by atoms with van der Waals surface area (Å²) in [6.07, 6.45) is -4.76. The van der Waals surface area contributed by atoms with Gasteiger partial charge < -0.3 is 16.2 Å². The molecule has 0 aliphatic carbocycles. The molecule has 0 atom stereocenters. The Kier molecular flexibility index (Phi) is 2.46. The third-order valence-electron chi connectivity index (χ3n) is 2.50. The van der Waals surface area contributed by atoms with Crippen LogP contribution in [0.2, 0.25) is 0 Å². The van der Waals surface area contributed by atoms with Crippen molar-refractivity contribution in [2.24, 2.45) is 0 Å². The summed E-state index contributed by atoms with van der Waals surface area (Å²) < 4.78 is 37.8. The molecule has 1 aromatic heterocycles. The van der Waals surface area contributed by atoms with Crippen LogP contribution in [0.25, 0.3) is 0 Å². The van der Waals surface area contributed by atoms with E-state index >= 15 is 0 Å². The number of hydrogen-bond donors (Lipinski definition) is 3. The molecule has 0 bridgehead atoms. The van der Waals surface area contributed by atoms with Gasteiger partial charge in [-0.2, -0.15) is 13.2 Å². The second kappa shape index (κ2) is 3.59. The Morgan fingerprint density at radius 2 is 2.06 bits per heavy atom. The molecule has 1 aliphatic heterocycles. The number of aromatic nitrogens is 1. The number of hydrogen-bond acceptors (Lipinski definition) is 4. The highest BCUT2D eigenvalue weighted by Gasteiger charge is 2.39. The SMILES string of the molecule is Nc1c(C(F)(F)F)nc2c(c1C(=O)O)CNC2. The van der Waals surface area contributed by atoms with E-state index in [1.54, 1.807) is 0 Å². The molecule has 0 aromatic carbocycles. The van der Waals surface area contributed by atoms with Gasteiger partial charge in [-0.3, -0.25) is 0 Å². The predicted octanol–water partition coefficient (Wildman–Crippen LogP) is 0.984. The normalized spacial score (nSPS) is 14.8. The van der Waals surface area contributed by atoms with E-state index in [0.717, 1.165) is 0 Å². The van der Waals surface area contributed by atoms with Gasteiger partial charge in [0.15, 0.2) is 5.69 Å². The minimum Gasteiger partial charge on any atom is -0.478 e. The first kappa shape index (κ1) is 11.6. The van der Waals surface area contributed by atoms with Gasteiger partial charge in [-0.1, -0.05) is 0 Å². The number of alkyl halides is 3. The molecule has 1 aromatic rings. The third kappa shape index (κ3) is 1.80. The van der Waals surface area contributed by atoms with E-state index in [2.05, 4.69) is 10.3 Å². The molecule has 0 amide bonds. The van der Waals surface area contributed by atoms with Crippen molar-refractivity contribution in [3.8, 4) is 0 Å². The number of rotatable bonds is 1. The van der Waals surface area contributed by atoms with Crippen molar-refractivity contribution in [1.29, 1.82) is 0 Å². The molecule has 2 rings (SSSR count). The van der Waals surface area contributed by atoms with Crippen molar-refractivity contribution in [3.63, 3.8) is 0 Å². The van der Waals surface area contributed by atoms with Crippen molar-refractivity contribution in [1.82, 2.24) is 10.3 Å². The summed E-state index contributed by atoms with van der Waals surface area (Å²) >= 11 is 0. The number of carboxylic acids is 1. The Bertz CT molecular complexity index is 499. The molecule has 4 N–H and O–H groups in total. The van der Waals surface area contributed by atoms with Crippen molar-refractivity contribution >= 4 is 11.7 Å². The lowest BCUT2D eigenvalue weighted by atomic mass is 10.0. The summed E-state index contributed by atoms with van der Waals surface area (Å²) in [6.45, 7) is 0.269. The number of nitrogens with two attached hydrogens (primary N) is 1. The van der Waals surface area contributed by atoms with Gasteiger partial charge in [-0.15, -0.1) is 0 Å². The fourth-order valence-corrected chi connectivity index (χ4v) is 1.79. The largest absolute Gasteiger partial charge is 0.478 e. The Balaban J connectivity index is 2.74. The number of anilines is 1. The minimum atomic E-state index is -4.76. The van der Waals surface area contributed by atoms with Crippen LogP contribution in [0.4, 0.5) is 18.9 Å². The molecule has 0 radical (unpaired) electrons. The number of fused-ring (bicyclic) bond motifs is 1. The second-order valence-corrected chi connectivity index (χ2v) is 3.58. The molecule has 5 nitrogen and oxygen atoms in total. The molecule has 92 valence electrons. The van der Waals surface area contributed by atoms with E-state index in [1.807, 2.05) is 0 Å². The molecule has 0 saturated heterocycles. The number of halogens is 3. The van der Waals surface area contributed by atoms with Crippen LogP contribution >= 0.6 is 0 Å². The maximum Gasteiger partial charge on any atom is 0.435 e. The molecule has 0 spiro atoms. The van der Waals surface area contributed by atoms with Gasteiger partial charge in [0.2, 0.25) is 0 Å². The molecule has 0 unspecified atom stereocenters. The summed E-state index contributed by atoms with van der Waals surface area (Å²) in [5.74, 6) is -1.48. The molecular formula is C9H8F3N3O2. The van der Waals surface area contributed by atoms with Crippen molar-refractivity contribution in [2.45, 2.75) is 19.3 Å². The van der Waals surface area contributed by atoms with Crippen LogP contribution in [-0.2, 0) is 19.3 Å². The number of pyridine rings is 1. The van der Waals surface area contributed by atoms with E-state index in [1.165, 1.54) is 0 Å². The summed E-state index contributed by atoms with van der Waals surface area (Å²) in [6, 6.07) is 0. The van der Waals surface area contributed by atoms with Crippen molar-refractivity contribution in [3.05, 3.63) is 22.5 Å². The number of nitrogens with zero attached hydrogens (tertiary/aromatic N) is 1. The van der Waals surface area contributed by atoms with Crippen LogP contribution in [0.5, 0.6) is 0 Å². The topological polar surface area (TPSA) is 88.2 Å². The molecule has 0 fully saturated rings. The van der Waals surface area contributed by atoms with E-state index < -0.39 is 29.1 Å². The molecule has 17 heavy (non-hydrogen) atoms. The van der Waals surface area contributed by atoms with Crippen LogP contribution in [0.1, 0.15) is 27.3 Å². The number of nitrogens with one attached hydrogen (secondary N) is 1. The van der Waals surface area contributed by atoms with E-state index in [4.69, 9.17) is 10.8 Å². The van der Waals surface area contributed by atoms with Gasteiger partial charge in [0.05, 0.1) is 16.9 Å². The van der Waals surface area contributed by atoms with Crippen molar-refractivity contribution < 1.29 is 23.1 Å². The summed E-state index contributed by atoms with van der Waals surface area (Å²) in [5, 5.41) is 11.7. The smallest absolute Gasteiger partial charge is 0.435 e. The van der Waals surface area contributed by atoms with Crippen LogP contribution in [-0.4, -0.2) is 16.1 Å². The molecule has 2 heterocycles. The zero-order valence-electron chi connectivity index (χ0n) is 8.43. The Morgan fingerprint density at radius 3 is 2.59 bits per heavy atom. The highest BCUT2D eigenvalue weighted by Crippen LogP contribution is 2.36. The summed E-state index contributed by atoms with van der Waals surface area (Å²) in [5.41, 5.74) is 2.89. The third-order valence-corrected chi connectivity index (χ3v) is 2.50. The fraction of sp³-hybridized carbons (Fsp3) is 0.333. The van der Waals surface area contributed by atoms with E-state index in [9.17, 15) is 18.0 Å². The maximum absolute atomic E-state index is 12.6. The first-order valence-corrected chi connectivity index (χ1v) is 4.64. The number of carboxylic acid groups (broad SMARTS) is 1. The van der Waals surface area contributed by atoms with Crippen LogP contribution in [0, 0.1) is 0 Å². The highest BCUT2D eigenvalue weighted by molar-refractivity contribution is 5.96. The first-order valence-electron chi connectivity index (χ1n) is 4.64. The minimum absolute atomic E-state index is 0.0870. The summed E-state index contributed by atoms with van der Waals surface area (Å²) in [4.78, 5) is 14.3. The maximum atomic E-state index is 12.6. The fourth-order valence-electron chi connectivity index (χ4n) is 1.79. The van der Waals surface area contributed by atoms with Crippen LogP contribution < -0.4 is 11.1 Å². The van der Waals surface area contributed by atoms with Crippen LogP contribution in [0.3, 0.4) is 0 Å². The second-order valence-electron chi connectivity index (χ2n) is 3.58. The Morgan fingerprint density at radius 1 is 1.41 bits per heavy atom. The standard InChI is InChI=1S/C9H8F3N3O2/c10-9(11,12)7-6(13)5(8(16)17)3-1-14-2-4(3)15-7/h14H,1-2,13H2,(H,16,17). The van der Waals surface area contributed by atoms with Gasteiger partial charge >= 0.3 is 12.1 Å². The monoisotopic (exact) mass is 247 g/mol. The zero-order valence-corrected chi connectivity index (χ0v) is 8.43. The number of aromatic carboxylic acids is 1. The number of carbonyl (C=O) groups is 1. The number of nitrogen functional groups attached to an aromatic ring is 1. The van der Waals surface area contributed by atoms with Crippen molar-refractivity contribution in [2.75, 3.05) is 5.73 Å². The van der Waals surface area contributed by atoms with Crippen LogP contribution in [0.15, 0.2) is 0 Å². The van der Waals surface area contributed by atoms with Gasteiger partial charge in [0, 0.05) is 18.7 Å². The van der Waals surface area contributed by atoms with Gasteiger partial charge in [-0.25, -0.2) is 9.78 Å². The first-order chi connectivity index (χ1) is 7.82. The van der Waals surface area contributed by atoms with Gasteiger partial charge in [-0.05, 0) is 0 Å². The average molecular weight is 247 g/mol. The predicted molar refractivity (Wildman–Crippen MR) is 51.2 cm³/mol. The zero-order chi connectivity index (χ0) is 12.8. The Hall–Kier alpha value is -1.83. The average Bonchev–Trinajstić information content (AvgIpc) is 2.61. The van der Waals surface area contributed by atoms with Gasteiger partial charge in [0.25, 0.3) is 0 Å². The summed E-state index contributed by atoms with van der Waals surface area (Å²) in [7, 11) is 0. The van der Waals surface area contributed by atoms with E-state index in [0.29, 0.717) is 0 Å². The lowest BCUT2D eigenvalue weighted by molar-refractivity contribution is -0.140. The quantitative estimate of drug-likeness (QED) is 0.688. The molecule has 0 saturated carbocycles. The lowest BCUT2D eigenvalue weighted by Crippen LogP contribution is -2.18. The Labute approximate surface area is 93.4 Å². The molecule has 8 heteroatoms. The molecular weight excluding hydrogens is 239 g/mol. The van der Waals surface area contributed by atoms with E-state index in [-0.39, 0.29) is 24.3 Å². The highest BCUT2D eigenvalue weighted by atomic mass is 19.4. The van der Waals surface area contributed by atoms with Gasteiger partial charge in [0.1, 0.15) is 0 Å². The lowest BCUT2D eigenvalue weighted by Gasteiger charge is -2.14.